The second-order valence-corrected chi connectivity index (χ2v) is 6.66. The van der Waals surface area contributed by atoms with Gasteiger partial charge in [0.25, 0.3) is 0 Å². The highest BCUT2D eigenvalue weighted by atomic mass is 32.2. The first-order chi connectivity index (χ1) is 6.99. The Balaban J connectivity index is 2.21. The number of thioether (sulfide) groups is 1. The van der Waals surface area contributed by atoms with Crippen molar-refractivity contribution in [1.29, 1.82) is 0 Å². The van der Waals surface area contributed by atoms with Crippen molar-refractivity contribution in [1.82, 2.24) is 5.32 Å². The maximum absolute atomic E-state index is 9.39. The molecule has 0 aromatic carbocycles. The van der Waals surface area contributed by atoms with E-state index in [2.05, 4.69) is 30.9 Å². The van der Waals surface area contributed by atoms with Gasteiger partial charge in [0.1, 0.15) is 0 Å². The van der Waals surface area contributed by atoms with E-state index >= 15 is 0 Å². The summed E-state index contributed by atoms with van der Waals surface area (Å²) in [4.78, 5) is 0. The lowest BCUT2D eigenvalue weighted by atomic mass is 9.86. The summed E-state index contributed by atoms with van der Waals surface area (Å²) >= 11 is 2.06. The average Bonchev–Trinajstić information content (AvgIpc) is 2.15. The number of hydrogen-bond donors (Lipinski definition) is 2. The van der Waals surface area contributed by atoms with E-state index in [1.165, 1.54) is 24.3 Å². The van der Waals surface area contributed by atoms with Gasteiger partial charge in [-0.25, -0.2) is 0 Å². The minimum Gasteiger partial charge on any atom is -0.393 e. The Hall–Kier alpha value is 0.270. The molecule has 1 fully saturated rings. The summed E-state index contributed by atoms with van der Waals surface area (Å²) in [5, 5.41) is 13.0. The van der Waals surface area contributed by atoms with E-state index in [1.54, 1.807) is 0 Å². The van der Waals surface area contributed by atoms with E-state index in [-0.39, 0.29) is 11.5 Å². The standard InChI is InChI=1S/C12H25NOS/c1-10(14)7-12(2,3)9-13-11-5-4-6-15-8-11/h10-11,13-14H,4-9H2,1-3H3. The highest BCUT2D eigenvalue weighted by molar-refractivity contribution is 7.99. The van der Waals surface area contributed by atoms with Crippen molar-refractivity contribution in [2.75, 3.05) is 18.1 Å². The van der Waals surface area contributed by atoms with Gasteiger partial charge in [-0.2, -0.15) is 11.8 Å². The van der Waals surface area contributed by atoms with E-state index in [4.69, 9.17) is 0 Å². The fourth-order valence-electron chi connectivity index (χ4n) is 2.19. The molecule has 1 aliphatic rings. The minimum absolute atomic E-state index is 0.192. The fraction of sp³-hybridized carbons (Fsp3) is 1.00. The maximum atomic E-state index is 9.39. The van der Waals surface area contributed by atoms with Gasteiger partial charge in [-0.1, -0.05) is 13.8 Å². The van der Waals surface area contributed by atoms with E-state index < -0.39 is 0 Å². The Morgan fingerprint density at radius 3 is 2.80 bits per heavy atom. The lowest BCUT2D eigenvalue weighted by molar-refractivity contribution is 0.126. The number of hydrogen-bond acceptors (Lipinski definition) is 3. The second kappa shape index (κ2) is 6.12. The van der Waals surface area contributed by atoms with Gasteiger partial charge in [-0.15, -0.1) is 0 Å². The van der Waals surface area contributed by atoms with Gasteiger partial charge in [-0.3, -0.25) is 0 Å². The summed E-state index contributed by atoms with van der Waals surface area (Å²) in [6.07, 6.45) is 3.35. The summed E-state index contributed by atoms with van der Waals surface area (Å²) in [5.74, 6) is 2.58. The number of aliphatic hydroxyl groups excluding tert-OH is 1. The van der Waals surface area contributed by atoms with Crippen LogP contribution in [-0.2, 0) is 0 Å². The van der Waals surface area contributed by atoms with Crippen LogP contribution in [-0.4, -0.2) is 35.3 Å². The van der Waals surface area contributed by atoms with Crippen molar-refractivity contribution < 1.29 is 5.11 Å². The van der Waals surface area contributed by atoms with Crippen LogP contribution < -0.4 is 5.32 Å². The Morgan fingerprint density at radius 1 is 1.53 bits per heavy atom. The molecule has 0 aromatic rings. The van der Waals surface area contributed by atoms with Crippen LogP contribution in [0.4, 0.5) is 0 Å². The third-order valence-corrected chi connectivity index (χ3v) is 4.09. The summed E-state index contributed by atoms with van der Waals surface area (Å²) in [6, 6.07) is 0.692. The Morgan fingerprint density at radius 2 is 2.27 bits per heavy atom. The van der Waals surface area contributed by atoms with Crippen LogP contribution in [0.3, 0.4) is 0 Å². The molecule has 2 atom stereocenters. The molecule has 1 aliphatic heterocycles. The molecule has 2 unspecified atom stereocenters. The first kappa shape index (κ1) is 13.3. The van der Waals surface area contributed by atoms with Crippen molar-refractivity contribution >= 4 is 11.8 Å². The van der Waals surface area contributed by atoms with Gasteiger partial charge < -0.3 is 10.4 Å². The van der Waals surface area contributed by atoms with Crippen LogP contribution in [0, 0.1) is 5.41 Å². The largest absolute Gasteiger partial charge is 0.393 e. The second-order valence-electron chi connectivity index (χ2n) is 5.51. The quantitative estimate of drug-likeness (QED) is 0.761. The van der Waals surface area contributed by atoms with Crippen molar-refractivity contribution in [2.45, 2.75) is 52.2 Å². The van der Waals surface area contributed by atoms with Crippen LogP contribution in [0.15, 0.2) is 0 Å². The molecule has 1 saturated heterocycles. The van der Waals surface area contributed by atoms with Gasteiger partial charge in [0.2, 0.25) is 0 Å². The van der Waals surface area contributed by atoms with Gasteiger partial charge in [0.05, 0.1) is 6.10 Å². The molecule has 0 aromatic heterocycles. The Bertz CT molecular complexity index is 176. The summed E-state index contributed by atoms with van der Waals surface area (Å²) < 4.78 is 0. The van der Waals surface area contributed by atoms with Crippen LogP contribution >= 0.6 is 11.8 Å². The molecule has 3 heteroatoms. The number of aliphatic hydroxyl groups is 1. The molecule has 0 aliphatic carbocycles. The molecule has 1 heterocycles. The van der Waals surface area contributed by atoms with Crippen molar-refractivity contribution in [2.24, 2.45) is 5.41 Å². The molecule has 90 valence electrons. The normalized spacial score (nSPS) is 25.2. The third kappa shape index (κ3) is 5.79. The zero-order chi connectivity index (χ0) is 11.3. The summed E-state index contributed by atoms with van der Waals surface area (Å²) in [6.45, 7) is 7.34. The van der Waals surface area contributed by atoms with Gasteiger partial charge >= 0.3 is 0 Å². The maximum Gasteiger partial charge on any atom is 0.0517 e. The molecule has 2 N–H and O–H groups in total. The number of nitrogens with one attached hydrogen (secondary N) is 1. The van der Waals surface area contributed by atoms with Crippen LogP contribution in [0.5, 0.6) is 0 Å². The molecule has 0 bridgehead atoms. The summed E-state index contributed by atoms with van der Waals surface area (Å²) in [7, 11) is 0. The monoisotopic (exact) mass is 231 g/mol. The van der Waals surface area contributed by atoms with Crippen molar-refractivity contribution in [3.63, 3.8) is 0 Å². The molecule has 1 rings (SSSR count). The zero-order valence-corrected chi connectivity index (χ0v) is 11.1. The first-order valence-electron chi connectivity index (χ1n) is 5.99. The highest BCUT2D eigenvalue weighted by Gasteiger charge is 2.22. The van der Waals surface area contributed by atoms with Crippen LogP contribution in [0.25, 0.3) is 0 Å². The molecular weight excluding hydrogens is 206 g/mol. The van der Waals surface area contributed by atoms with E-state index in [0.29, 0.717) is 6.04 Å². The molecule has 0 amide bonds. The summed E-state index contributed by atoms with van der Waals surface area (Å²) in [5.41, 5.74) is 0.205. The molecule has 0 spiro atoms. The fourth-order valence-corrected chi connectivity index (χ4v) is 3.30. The van der Waals surface area contributed by atoms with E-state index in [9.17, 15) is 5.11 Å². The molecule has 0 radical (unpaired) electrons. The van der Waals surface area contributed by atoms with E-state index in [1.807, 2.05) is 6.92 Å². The molecular formula is C12H25NOS. The number of rotatable bonds is 5. The molecule has 15 heavy (non-hydrogen) atoms. The zero-order valence-electron chi connectivity index (χ0n) is 10.3. The van der Waals surface area contributed by atoms with Gasteiger partial charge in [-0.05, 0) is 37.4 Å². The topological polar surface area (TPSA) is 32.3 Å². The van der Waals surface area contributed by atoms with Gasteiger partial charge in [0, 0.05) is 18.3 Å². The van der Waals surface area contributed by atoms with Crippen molar-refractivity contribution in [3.8, 4) is 0 Å². The molecule has 0 saturated carbocycles. The van der Waals surface area contributed by atoms with Crippen LogP contribution in [0.1, 0.15) is 40.0 Å². The first-order valence-corrected chi connectivity index (χ1v) is 7.14. The smallest absolute Gasteiger partial charge is 0.0517 e. The predicted octanol–water partition coefficient (Wildman–Crippen LogP) is 2.27. The predicted molar refractivity (Wildman–Crippen MR) is 68.4 cm³/mol. The lowest BCUT2D eigenvalue weighted by Crippen LogP contribution is -2.40. The van der Waals surface area contributed by atoms with Crippen molar-refractivity contribution in [3.05, 3.63) is 0 Å². The average molecular weight is 231 g/mol. The SMILES string of the molecule is CC(O)CC(C)(C)CNC1CCCSC1. The highest BCUT2D eigenvalue weighted by Crippen LogP contribution is 2.23. The van der Waals surface area contributed by atoms with Crippen LogP contribution in [0.2, 0.25) is 0 Å². The van der Waals surface area contributed by atoms with Gasteiger partial charge in [0.15, 0.2) is 0 Å². The van der Waals surface area contributed by atoms with E-state index in [0.717, 1.165) is 13.0 Å². The Labute approximate surface area is 98.2 Å². The lowest BCUT2D eigenvalue weighted by Gasteiger charge is -2.30. The third-order valence-electron chi connectivity index (χ3n) is 2.88. The minimum atomic E-state index is -0.192. The molecule has 2 nitrogen and oxygen atoms in total. The Kier molecular flexibility index (Phi) is 5.44.